The predicted molar refractivity (Wildman–Crippen MR) is 92.8 cm³/mol. The number of rotatable bonds is 6. The smallest absolute Gasteiger partial charge is 0.255 e. The van der Waals surface area contributed by atoms with E-state index in [4.69, 9.17) is 11.6 Å². The summed E-state index contributed by atoms with van der Waals surface area (Å²) in [7, 11) is 1.79. The van der Waals surface area contributed by atoms with Crippen molar-refractivity contribution in [3.05, 3.63) is 59.8 Å². The summed E-state index contributed by atoms with van der Waals surface area (Å²) < 4.78 is 3.60. The normalized spacial score (nSPS) is 10.8. The third kappa shape index (κ3) is 3.65. The topological polar surface area (TPSA) is 64.7 Å². The Morgan fingerprint density at radius 3 is 2.92 bits per heavy atom. The molecule has 1 amide bonds. The highest BCUT2D eigenvalue weighted by Gasteiger charge is 2.18. The quantitative estimate of drug-likeness (QED) is 0.700. The molecular weight excluding hydrogens is 326 g/mol. The van der Waals surface area contributed by atoms with Crippen LogP contribution < -0.4 is 5.32 Å². The first-order valence-corrected chi connectivity index (χ1v) is 8.05. The van der Waals surface area contributed by atoms with Crippen molar-refractivity contribution in [2.24, 2.45) is 7.05 Å². The second kappa shape index (κ2) is 7.31. The molecule has 0 fully saturated rings. The van der Waals surface area contributed by atoms with E-state index in [1.54, 1.807) is 36.5 Å². The first-order chi connectivity index (χ1) is 11.6. The Bertz CT molecular complexity index is 825. The number of hydrogen-bond acceptors (Lipinski definition) is 3. The SMILES string of the molecule is Cn1cc(C(=O)NCCCn2ccnc2)c(-c2ccccc2Cl)n1. The number of nitrogens with one attached hydrogen (secondary N) is 1. The lowest BCUT2D eigenvalue weighted by Gasteiger charge is -2.07. The number of nitrogens with zero attached hydrogens (tertiary/aromatic N) is 4. The summed E-state index contributed by atoms with van der Waals surface area (Å²) in [5.74, 6) is -0.149. The van der Waals surface area contributed by atoms with Crippen molar-refractivity contribution < 1.29 is 4.79 Å². The molecule has 124 valence electrons. The van der Waals surface area contributed by atoms with Crippen LogP contribution in [0.5, 0.6) is 0 Å². The minimum Gasteiger partial charge on any atom is -0.352 e. The molecule has 7 heteroatoms. The number of carbonyl (C=O) groups excluding carboxylic acids is 1. The van der Waals surface area contributed by atoms with Gasteiger partial charge in [0, 0.05) is 44.3 Å². The van der Waals surface area contributed by atoms with Crippen LogP contribution in [-0.2, 0) is 13.6 Å². The van der Waals surface area contributed by atoms with Gasteiger partial charge in [0.25, 0.3) is 5.91 Å². The summed E-state index contributed by atoms with van der Waals surface area (Å²) in [4.78, 5) is 16.5. The molecule has 0 atom stereocenters. The van der Waals surface area contributed by atoms with Crippen molar-refractivity contribution in [3.8, 4) is 11.3 Å². The van der Waals surface area contributed by atoms with Gasteiger partial charge in [-0.25, -0.2) is 4.98 Å². The van der Waals surface area contributed by atoms with Crippen molar-refractivity contribution in [2.75, 3.05) is 6.54 Å². The van der Waals surface area contributed by atoms with Crippen LogP contribution >= 0.6 is 11.6 Å². The van der Waals surface area contributed by atoms with Crippen LogP contribution in [-0.4, -0.2) is 31.8 Å². The predicted octanol–water partition coefficient (Wildman–Crippen LogP) is 2.76. The second-order valence-electron chi connectivity index (χ2n) is 5.45. The zero-order valence-electron chi connectivity index (χ0n) is 13.3. The number of aryl methyl sites for hydroxylation is 2. The van der Waals surface area contributed by atoms with E-state index in [1.807, 2.05) is 29.0 Å². The number of hydrogen-bond donors (Lipinski definition) is 1. The summed E-state index contributed by atoms with van der Waals surface area (Å²) in [5.41, 5.74) is 1.87. The van der Waals surface area contributed by atoms with Gasteiger partial charge in [0.1, 0.15) is 5.69 Å². The molecule has 0 bridgehead atoms. The Balaban J connectivity index is 1.68. The van der Waals surface area contributed by atoms with E-state index in [2.05, 4.69) is 15.4 Å². The van der Waals surface area contributed by atoms with E-state index in [-0.39, 0.29) is 5.91 Å². The Labute approximate surface area is 145 Å². The van der Waals surface area contributed by atoms with Crippen LogP contribution in [0.2, 0.25) is 5.02 Å². The number of imidazole rings is 1. The average molecular weight is 344 g/mol. The van der Waals surface area contributed by atoms with Gasteiger partial charge in [0.15, 0.2) is 0 Å². The fourth-order valence-electron chi connectivity index (χ4n) is 2.48. The van der Waals surface area contributed by atoms with Crippen molar-refractivity contribution in [1.29, 1.82) is 0 Å². The summed E-state index contributed by atoms with van der Waals surface area (Å²) in [6.45, 7) is 1.39. The van der Waals surface area contributed by atoms with E-state index in [0.29, 0.717) is 22.8 Å². The van der Waals surface area contributed by atoms with Gasteiger partial charge in [-0.1, -0.05) is 29.8 Å². The summed E-state index contributed by atoms with van der Waals surface area (Å²) in [6, 6.07) is 7.38. The molecule has 3 rings (SSSR count). The molecule has 0 unspecified atom stereocenters. The summed E-state index contributed by atoms with van der Waals surface area (Å²) in [6.07, 6.45) is 7.94. The highest BCUT2D eigenvalue weighted by molar-refractivity contribution is 6.33. The number of amides is 1. The van der Waals surface area contributed by atoms with Crippen molar-refractivity contribution >= 4 is 17.5 Å². The standard InChI is InChI=1S/C17H18ClN5O/c1-22-11-14(16(21-22)13-5-2-3-6-15(13)18)17(24)20-7-4-9-23-10-8-19-12-23/h2-3,5-6,8,10-12H,4,7,9H2,1H3,(H,20,24). The molecule has 0 aliphatic carbocycles. The molecule has 1 N–H and O–H groups in total. The monoisotopic (exact) mass is 343 g/mol. The maximum absolute atomic E-state index is 12.5. The van der Waals surface area contributed by atoms with E-state index in [0.717, 1.165) is 18.5 Å². The van der Waals surface area contributed by atoms with Crippen LogP contribution in [0, 0.1) is 0 Å². The summed E-state index contributed by atoms with van der Waals surface area (Å²) in [5, 5.41) is 7.90. The molecule has 3 aromatic rings. The highest BCUT2D eigenvalue weighted by atomic mass is 35.5. The van der Waals surface area contributed by atoms with Gasteiger partial charge in [0.2, 0.25) is 0 Å². The van der Waals surface area contributed by atoms with Gasteiger partial charge in [-0.15, -0.1) is 0 Å². The average Bonchev–Trinajstić information content (AvgIpc) is 3.21. The molecule has 0 saturated heterocycles. The Morgan fingerprint density at radius 1 is 1.33 bits per heavy atom. The molecule has 0 radical (unpaired) electrons. The molecule has 0 aliphatic heterocycles. The van der Waals surface area contributed by atoms with Crippen LogP contribution in [0.15, 0.2) is 49.2 Å². The third-order valence-electron chi connectivity index (χ3n) is 3.64. The fourth-order valence-corrected chi connectivity index (χ4v) is 2.71. The van der Waals surface area contributed by atoms with E-state index in [1.165, 1.54) is 0 Å². The molecule has 2 heterocycles. The second-order valence-corrected chi connectivity index (χ2v) is 5.86. The van der Waals surface area contributed by atoms with E-state index >= 15 is 0 Å². The van der Waals surface area contributed by atoms with Crippen LogP contribution in [0.4, 0.5) is 0 Å². The number of benzene rings is 1. The fraction of sp³-hybridized carbons (Fsp3) is 0.235. The lowest BCUT2D eigenvalue weighted by Crippen LogP contribution is -2.25. The van der Waals surface area contributed by atoms with Crippen molar-refractivity contribution in [2.45, 2.75) is 13.0 Å². The molecule has 0 aliphatic rings. The van der Waals surface area contributed by atoms with Gasteiger partial charge in [-0.2, -0.15) is 5.10 Å². The number of aromatic nitrogens is 4. The molecule has 1 aromatic carbocycles. The summed E-state index contributed by atoms with van der Waals surface area (Å²) >= 11 is 6.24. The zero-order chi connectivity index (χ0) is 16.9. The first-order valence-electron chi connectivity index (χ1n) is 7.67. The minimum absolute atomic E-state index is 0.149. The van der Waals surface area contributed by atoms with Crippen LogP contribution in [0.25, 0.3) is 11.3 Å². The number of halogens is 1. The van der Waals surface area contributed by atoms with Gasteiger partial charge < -0.3 is 9.88 Å². The molecule has 6 nitrogen and oxygen atoms in total. The maximum Gasteiger partial charge on any atom is 0.255 e. The third-order valence-corrected chi connectivity index (χ3v) is 3.97. The van der Waals surface area contributed by atoms with E-state index in [9.17, 15) is 4.79 Å². The van der Waals surface area contributed by atoms with Crippen molar-refractivity contribution in [1.82, 2.24) is 24.6 Å². The lowest BCUT2D eigenvalue weighted by atomic mass is 10.1. The van der Waals surface area contributed by atoms with Crippen LogP contribution in [0.3, 0.4) is 0 Å². The van der Waals surface area contributed by atoms with Crippen molar-refractivity contribution in [3.63, 3.8) is 0 Å². The maximum atomic E-state index is 12.5. The Hall–Kier alpha value is -2.60. The highest BCUT2D eigenvalue weighted by Crippen LogP contribution is 2.28. The van der Waals surface area contributed by atoms with Gasteiger partial charge in [-0.3, -0.25) is 9.48 Å². The Kier molecular flexibility index (Phi) is 4.96. The van der Waals surface area contributed by atoms with E-state index < -0.39 is 0 Å². The van der Waals surface area contributed by atoms with Crippen LogP contribution in [0.1, 0.15) is 16.8 Å². The largest absolute Gasteiger partial charge is 0.352 e. The van der Waals surface area contributed by atoms with Gasteiger partial charge in [-0.05, 0) is 12.5 Å². The van der Waals surface area contributed by atoms with Gasteiger partial charge in [0.05, 0.1) is 16.9 Å². The minimum atomic E-state index is -0.149. The first kappa shape index (κ1) is 16.3. The number of carbonyl (C=O) groups is 1. The lowest BCUT2D eigenvalue weighted by molar-refractivity contribution is 0.0953. The molecule has 24 heavy (non-hydrogen) atoms. The molecule has 0 saturated carbocycles. The molecular formula is C17H18ClN5O. The molecule has 2 aromatic heterocycles. The van der Waals surface area contributed by atoms with Gasteiger partial charge >= 0.3 is 0 Å². The molecule has 0 spiro atoms. The zero-order valence-corrected chi connectivity index (χ0v) is 14.1. The Morgan fingerprint density at radius 2 is 2.17 bits per heavy atom.